The minimum absolute atomic E-state index is 0.238. The fourth-order valence-corrected chi connectivity index (χ4v) is 2.42. The van der Waals surface area contributed by atoms with Gasteiger partial charge in [-0.05, 0) is 30.4 Å². The van der Waals surface area contributed by atoms with Crippen molar-refractivity contribution in [1.29, 1.82) is 0 Å². The van der Waals surface area contributed by atoms with Gasteiger partial charge in [0.15, 0.2) is 0 Å². The second-order valence-electron chi connectivity index (χ2n) is 5.17. The summed E-state index contributed by atoms with van der Waals surface area (Å²) in [5.74, 6) is 0.143. The van der Waals surface area contributed by atoms with Crippen LogP contribution >= 0.6 is 11.6 Å². The molecule has 2 heterocycles. The van der Waals surface area contributed by atoms with Gasteiger partial charge < -0.3 is 10.0 Å². The summed E-state index contributed by atoms with van der Waals surface area (Å²) in [5.41, 5.74) is 0.912. The molecule has 1 aliphatic rings. The van der Waals surface area contributed by atoms with E-state index in [1.807, 2.05) is 6.07 Å². The zero-order valence-electron chi connectivity index (χ0n) is 11.1. The Kier molecular flexibility index (Phi) is 4.24. The van der Waals surface area contributed by atoms with Crippen molar-refractivity contribution in [3.05, 3.63) is 17.0 Å². The molecule has 0 aromatic carbocycles. The van der Waals surface area contributed by atoms with Crippen molar-refractivity contribution in [2.75, 3.05) is 18.0 Å². The summed E-state index contributed by atoms with van der Waals surface area (Å²) in [6.07, 6.45) is 1.29. The van der Waals surface area contributed by atoms with Crippen LogP contribution in [-0.4, -0.2) is 34.1 Å². The van der Waals surface area contributed by atoms with Crippen LogP contribution in [0.1, 0.15) is 38.3 Å². The van der Waals surface area contributed by atoms with Gasteiger partial charge in [-0.15, -0.1) is 0 Å². The first-order valence-electron chi connectivity index (χ1n) is 6.49. The third kappa shape index (κ3) is 3.35. The van der Waals surface area contributed by atoms with Crippen molar-refractivity contribution in [1.82, 2.24) is 9.97 Å². The molecule has 104 valence electrons. The highest BCUT2D eigenvalue weighted by molar-refractivity contribution is 6.28. The number of hydrogen-bond donors (Lipinski definition) is 1. The summed E-state index contributed by atoms with van der Waals surface area (Å²) in [5, 5.41) is 9.24. The maximum Gasteiger partial charge on any atom is 0.306 e. The number of rotatable bonds is 3. The minimum Gasteiger partial charge on any atom is -0.481 e. The summed E-state index contributed by atoms with van der Waals surface area (Å²) in [4.78, 5) is 21.5. The second kappa shape index (κ2) is 5.74. The molecule has 0 bridgehead atoms. The third-order valence-corrected chi connectivity index (χ3v) is 3.63. The van der Waals surface area contributed by atoms with E-state index in [1.165, 1.54) is 0 Å². The molecule has 5 nitrogen and oxygen atoms in total. The molecule has 0 aliphatic carbocycles. The number of piperidine rings is 1. The molecule has 1 aromatic heterocycles. The van der Waals surface area contributed by atoms with Crippen LogP contribution in [0, 0.1) is 5.92 Å². The maximum absolute atomic E-state index is 10.9. The smallest absolute Gasteiger partial charge is 0.306 e. The van der Waals surface area contributed by atoms with Gasteiger partial charge in [-0.2, -0.15) is 0 Å². The van der Waals surface area contributed by atoms with Crippen LogP contribution in [0.4, 0.5) is 5.82 Å². The van der Waals surface area contributed by atoms with Crippen LogP contribution in [0.25, 0.3) is 0 Å². The zero-order chi connectivity index (χ0) is 14.0. The molecule has 1 fully saturated rings. The summed E-state index contributed by atoms with van der Waals surface area (Å²) in [7, 11) is 0. The molecule has 1 N–H and O–H groups in total. The van der Waals surface area contributed by atoms with Crippen molar-refractivity contribution in [3.63, 3.8) is 0 Å². The van der Waals surface area contributed by atoms with Gasteiger partial charge in [0.25, 0.3) is 0 Å². The fourth-order valence-electron chi connectivity index (χ4n) is 2.24. The lowest BCUT2D eigenvalue weighted by Crippen LogP contribution is -2.36. The molecule has 1 aromatic rings. The Morgan fingerprint density at radius 2 is 2.05 bits per heavy atom. The number of carbonyl (C=O) groups is 1. The van der Waals surface area contributed by atoms with Crippen LogP contribution in [-0.2, 0) is 4.79 Å². The number of carboxylic acid groups (broad SMARTS) is 1. The number of aliphatic carboxylic acids is 1. The first-order valence-corrected chi connectivity index (χ1v) is 6.87. The average Bonchev–Trinajstić information content (AvgIpc) is 2.38. The SMILES string of the molecule is CC(C)c1cc(N2CCC(C(=O)O)CC2)nc(Cl)n1. The predicted octanol–water partition coefficient (Wildman–Crippen LogP) is 2.55. The van der Waals surface area contributed by atoms with Crippen molar-refractivity contribution in [2.24, 2.45) is 5.92 Å². The Morgan fingerprint density at radius 3 is 2.58 bits per heavy atom. The highest BCUT2D eigenvalue weighted by Gasteiger charge is 2.25. The monoisotopic (exact) mass is 283 g/mol. The fraction of sp³-hybridized carbons (Fsp3) is 0.615. The Balaban J connectivity index is 2.13. The Hall–Kier alpha value is -1.36. The van der Waals surface area contributed by atoms with Crippen molar-refractivity contribution < 1.29 is 9.90 Å². The zero-order valence-corrected chi connectivity index (χ0v) is 11.9. The van der Waals surface area contributed by atoms with Crippen LogP contribution in [0.2, 0.25) is 5.28 Å². The van der Waals surface area contributed by atoms with Gasteiger partial charge >= 0.3 is 5.97 Å². The lowest BCUT2D eigenvalue weighted by molar-refractivity contribution is -0.142. The van der Waals surface area contributed by atoms with Gasteiger partial charge in [0.05, 0.1) is 11.6 Å². The van der Waals surface area contributed by atoms with Crippen LogP contribution < -0.4 is 4.90 Å². The first-order chi connectivity index (χ1) is 8.97. The van der Waals surface area contributed by atoms with E-state index in [-0.39, 0.29) is 17.1 Å². The molecular weight excluding hydrogens is 266 g/mol. The maximum atomic E-state index is 10.9. The molecule has 0 spiro atoms. The number of carboxylic acids is 1. The van der Waals surface area contributed by atoms with Crippen LogP contribution in [0.15, 0.2) is 6.07 Å². The largest absolute Gasteiger partial charge is 0.481 e. The number of hydrogen-bond acceptors (Lipinski definition) is 4. The summed E-state index contributed by atoms with van der Waals surface area (Å²) in [6, 6.07) is 1.94. The quantitative estimate of drug-likeness (QED) is 0.864. The van der Waals surface area contributed by atoms with Crippen molar-refractivity contribution in [3.8, 4) is 0 Å². The van der Waals surface area contributed by atoms with Crippen molar-refractivity contribution in [2.45, 2.75) is 32.6 Å². The standard InChI is InChI=1S/C13H18ClN3O2/c1-8(2)10-7-11(16-13(14)15-10)17-5-3-9(4-6-17)12(18)19/h7-9H,3-6H2,1-2H3,(H,18,19). The van der Waals surface area contributed by atoms with Crippen LogP contribution in [0.5, 0.6) is 0 Å². The van der Waals surface area contributed by atoms with E-state index in [2.05, 4.69) is 28.7 Å². The van der Waals surface area contributed by atoms with E-state index in [1.54, 1.807) is 0 Å². The van der Waals surface area contributed by atoms with Gasteiger partial charge in [-0.3, -0.25) is 4.79 Å². The van der Waals surface area contributed by atoms with Gasteiger partial charge in [0, 0.05) is 19.2 Å². The molecule has 6 heteroatoms. The van der Waals surface area contributed by atoms with Gasteiger partial charge in [0.1, 0.15) is 5.82 Å². The summed E-state index contributed by atoms with van der Waals surface area (Å²) < 4.78 is 0. The van der Waals surface area contributed by atoms with E-state index in [9.17, 15) is 4.79 Å². The predicted molar refractivity (Wildman–Crippen MR) is 73.7 cm³/mol. The van der Waals surface area contributed by atoms with Gasteiger partial charge in [-0.25, -0.2) is 9.97 Å². The molecule has 0 unspecified atom stereocenters. The Labute approximate surface area is 117 Å². The van der Waals surface area contributed by atoms with E-state index in [4.69, 9.17) is 16.7 Å². The topological polar surface area (TPSA) is 66.3 Å². The van der Waals surface area contributed by atoms with Crippen molar-refractivity contribution >= 4 is 23.4 Å². The third-order valence-electron chi connectivity index (χ3n) is 3.46. The average molecular weight is 284 g/mol. The van der Waals surface area contributed by atoms with Gasteiger partial charge in [0.2, 0.25) is 5.28 Å². The molecule has 1 saturated heterocycles. The van der Waals surface area contributed by atoms with E-state index >= 15 is 0 Å². The van der Waals surface area contributed by atoms with E-state index in [0.29, 0.717) is 25.9 Å². The molecule has 0 amide bonds. The minimum atomic E-state index is -0.705. The molecule has 2 rings (SSSR count). The molecular formula is C13H18ClN3O2. The first kappa shape index (κ1) is 14.1. The summed E-state index contributed by atoms with van der Waals surface area (Å²) in [6.45, 7) is 5.50. The molecule has 0 radical (unpaired) electrons. The second-order valence-corrected chi connectivity index (χ2v) is 5.51. The highest BCUT2D eigenvalue weighted by atomic mass is 35.5. The van der Waals surface area contributed by atoms with E-state index in [0.717, 1.165) is 11.5 Å². The Morgan fingerprint density at radius 1 is 1.42 bits per heavy atom. The molecule has 19 heavy (non-hydrogen) atoms. The lowest BCUT2D eigenvalue weighted by atomic mass is 9.97. The lowest BCUT2D eigenvalue weighted by Gasteiger charge is -2.31. The van der Waals surface area contributed by atoms with Gasteiger partial charge in [-0.1, -0.05) is 13.8 Å². The Bertz CT molecular complexity index is 471. The number of nitrogens with zero attached hydrogens (tertiary/aromatic N) is 3. The molecule has 0 saturated carbocycles. The summed E-state index contributed by atoms with van der Waals surface area (Å²) >= 11 is 5.95. The van der Waals surface area contributed by atoms with E-state index < -0.39 is 5.97 Å². The van der Waals surface area contributed by atoms with Crippen LogP contribution in [0.3, 0.4) is 0 Å². The molecule has 0 atom stereocenters. The normalized spacial score (nSPS) is 16.9. The highest BCUT2D eigenvalue weighted by Crippen LogP contribution is 2.25. The number of halogens is 1. The molecule has 1 aliphatic heterocycles. The number of aromatic nitrogens is 2. The number of anilines is 1.